The minimum atomic E-state index is 0. The molecule has 1 aromatic carbocycles. The molecule has 2 aliphatic rings. The van der Waals surface area contributed by atoms with Gasteiger partial charge < -0.3 is 22.2 Å². The van der Waals surface area contributed by atoms with Crippen LogP contribution in [-0.4, -0.2) is 25.6 Å². The van der Waals surface area contributed by atoms with E-state index in [-0.39, 0.29) is 12.4 Å². The van der Waals surface area contributed by atoms with Crippen molar-refractivity contribution in [3.8, 4) is 0 Å². The molecule has 0 atom stereocenters. The van der Waals surface area contributed by atoms with Gasteiger partial charge in [0.25, 0.3) is 0 Å². The summed E-state index contributed by atoms with van der Waals surface area (Å²) < 4.78 is 0. The second-order valence-corrected chi connectivity index (χ2v) is 3.92. The van der Waals surface area contributed by atoms with Crippen LogP contribution >= 0.6 is 0 Å². The van der Waals surface area contributed by atoms with Crippen molar-refractivity contribution >= 4 is 17.3 Å². The SMILES string of the molecule is CCN1C2=NCCCN2c2ccccc21.[Cl-]. The summed E-state index contributed by atoms with van der Waals surface area (Å²) in [6.45, 7) is 5.24. The maximum absolute atomic E-state index is 4.63. The Bertz CT molecular complexity index is 401. The van der Waals surface area contributed by atoms with Crippen LogP contribution < -0.4 is 22.2 Å². The maximum Gasteiger partial charge on any atom is 0.205 e. The third-order valence-electron chi connectivity index (χ3n) is 3.06. The molecule has 0 N–H and O–H groups in total. The molecule has 0 spiro atoms. The molecule has 0 saturated heterocycles. The largest absolute Gasteiger partial charge is 1.00 e. The smallest absolute Gasteiger partial charge is 0.205 e. The number of nitrogens with zero attached hydrogens (tertiary/aromatic N) is 3. The molecule has 0 radical (unpaired) electrons. The predicted molar refractivity (Wildman–Crippen MR) is 63.7 cm³/mol. The minimum Gasteiger partial charge on any atom is -1.00 e. The quantitative estimate of drug-likeness (QED) is 0.629. The van der Waals surface area contributed by atoms with E-state index in [1.807, 2.05) is 0 Å². The topological polar surface area (TPSA) is 18.8 Å². The first kappa shape index (κ1) is 11.3. The summed E-state index contributed by atoms with van der Waals surface area (Å²) in [5, 5.41) is 0. The van der Waals surface area contributed by atoms with E-state index in [1.54, 1.807) is 0 Å². The van der Waals surface area contributed by atoms with Gasteiger partial charge in [0.15, 0.2) is 0 Å². The number of anilines is 2. The van der Waals surface area contributed by atoms with Crippen LogP contribution in [0.2, 0.25) is 0 Å². The standard InChI is InChI=1S/C12H15N3.ClH/c1-2-14-10-6-3-4-7-11(10)15-9-5-8-13-12(14)15;/h3-4,6-7H,2,5,8-9H2,1H3;1H/p-1. The number of halogens is 1. The van der Waals surface area contributed by atoms with E-state index in [1.165, 1.54) is 11.4 Å². The second-order valence-electron chi connectivity index (χ2n) is 3.92. The fourth-order valence-corrected chi connectivity index (χ4v) is 2.39. The molecule has 0 saturated carbocycles. The van der Waals surface area contributed by atoms with Gasteiger partial charge in [0.05, 0.1) is 11.4 Å². The molecule has 0 unspecified atom stereocenters. The molecule has 0 amide bonds. The van der Waals surface area contributed by atoms with Gasteiger partial charge in [-0.3, -0.25) is 4.99 Å². The highest BCUT2D eigenvalue weighted by atomic mass is 35.5. The Morgan fingerprint density at radius 2 is 2.00 bits per heavy atom. The van der Waals surface area contributed by atoms with E-state index >= 15 is 0 Å². The Labute approximate surface area is 102 Å². The van der Waals surface area contributed by atoms with Gasteiger partial charge in [-0.1, -0.05) is 12.1 Å². The molecule has 1 aromatic rings. The lowest BCUT2D eigenvalue weighted by atomic mass is 10.2. The van der Waals surface area contributed by atoms with Crippen molar-refractivity contribution in [2.75, 3.05) is 29.4 Å². The molecule has 0 bridgehead atoms. The fraction of sp³-hybridized carbons (Fsp3) is 0.417. The summed E-state index contributed by atoms with van der Waals surface area (Å²) in [5.74, 6) is 1.14. The van der Waals surface area contributed by atoms with Crippen molar-refractivity contribution < 1.29 is 12.4 Å². The highest BCUT2D eigenvalue weighted by Gasteiger charge is 2.32. The van der Waals surface area contributed by atoms with Crippen molar-refractivity contribution in [1.82, 2.24) is 0 Å². The molecular weight excluding hydrogens is 222 g/mol. The van der Waals surface area contributed by atoms with Gasteiger partial charge in [0.1, 0.15) is 0 Å². The zero-order valence-corrected chi connectivity index (χ0v) is 10.1. The zero-order chi connectivity index (χ0) is 10.3. The van der Waals surface area contributed by atoms with Crippen LogP contribution in [0.15, 0.2) is 29.3 Å². The van der Waals surface area contributed by atoms with Crippen molar-refractivity contribution in [1.29, 1.82) is 0 Å². The fourth-order valence-electron chi connectivity index (χ4n) is 2.39. The monoisotopic (exact) mass is 236 g/mol. The number of benzene rings is 1. The number of aliphatic imine (C=N–C) groups is 1. The van der Waals surface area contributed by atoms with Crippen molar-refractivity contribution in [3.05, 3.63) is 24.3 Å². The summed E-state index contributed by atoms with van der Waals surface area (Å²) in [6, 6.07) is 8.57. The van der Waals surface area contributed by atoms with E-state index in [4.69, 9.17) is 0 Å². The van der Waals surface area contributed by atoms with Gasteiger partial charge in [0.2, 0.25) is 5.96 Å². The number of rotatable bonds is 1. The van der Waals surface area contributed by atoms with Crippen LogP contribution in [0.25, 0.3) is 0 Å². The molecule has 0 fully saturated rings. The van der Waals surface area contributed by atoms with Gasteiger partial charge in [0, 0.05) is 19.6 Å². The molecule has 16 heavy (non-hydrogen) atoms. The first-order valence-corrected chi connectivity index (χ1v) is 5.60. The molecule has 0 aliphatic carbocycles. The maximum atomic E-state index is 4.63. The zero-order valence-electron chi connectivity index (χ0n) is 9.36. The lowest BCUT2D eigenvalue weighted by Crippen LogP contribution is -3.00. The number of fused-ring (bicyclic) bond motifs is 3. The molecule has 3 rings (SSSR count). The molecular formula is C12H15ClN3-. The minimum absolute atomic E-state index is 0. The first-order chi connectivity index (χ1) is 7.42. The van der Waals surface area contributed by atoms with Crippen molar-refractivity contribution in [2.45, 2.75) is 13.3 Å². The van der Waals surface area contributed by atoms with E-state index in [0.717, 1.165) is 32.0 Å². The summed E-state index contributed by atoms with van der Waals surface area (Å²) in [6.07, 6.45) is 1.16. The highest BCUT2D eigenvalue weighted by molar-refractivity contribution is 6.16. The molecule has 0 aromatic heterocycles. The Morgan fingerprint density at radius 3 is 2.75 bits per heavy atom. The summed E-state index contributed by atoms with van der Waals surface area (Å²) in [7, 11) is 0. The molecule has 86 valence electrons. The number of guanidine groups is 1. The van der Waals surface area contributed by atoms with Crippen LogP contribution in [0.5, 0.6) is 0 Å². The molecule has 4 heteroatoms. The molecule has 2 aliphatic heterocycles. The third-order valence-corrected chi connectivity index (χ3v) is 3.06. The lowest BCUT2D eigenvalue weighted by Gasteiger charge is -2.25. The Hall–Kier alpha value is -1.22. The van der Waals surface area contributed by atoms with Gasteiger partial charge >= 0.3 is 0 Å². The van der Waals surface area contributed by atoms with Crippen LogP contribution in [0.3, 0.4) is 0 Å². The Kier molecular flexibility index (Phi) is 3.06. The molecule has 2 heterocycles. The Morgan fingerprint density at radius 1 is 1.25 bits per heavy atom. The number of hydrogen-bond acceptors (Lipinski definition) is 3. The van der Waals surface area contributed by atoms with Crippen LogP contribution in [0.4, 0.5) is 11.4 Å². The summed E-state index contributed by atoms with van der Waals surface area (Å²) >= 11 is 0. The lowest BCUT2D eigenvalue weighted by molar-refractivity contribution is -0.00000301. The average molecular weight is 237 g/mol. The van der Waals surface area contributed by atoms with E-state index in [0.29, 0.717) is 0 Å². The van der Waals surface area contributed by atoms with Crippen LogP contribution in [-0.2, 0) is 0 Å². The van der Waals surface area contributed by atoms with E-state index in [2.05, 4.69) is 46.0 Å². The first-order valence-electron chi connectivity index (χ1n) is 5.60. The normalized spacial score (nSPS) is 17.4. The van der Waals surface area contributed by atoms with E-state index in [9.17, 15) is 0 Å². The number of hydrogen-bond donors (Lipinski definition) is 0. The average Bonchev–Trinajstić information content (AvgIpc) is 2.63. The van der Waals surface area contributed by atoms with Crippen LogP contribution in [0.1, 0.15) is 13.3 Å². The summed E-state index contributed by atoms with van der Waals surface area (Å²) in [4.78, 5) is 9.26. The van der Waals surface area contributed by atoms with Gasteiger partial charge in [-0.25, -0.2) is 0 Å². The summed E-state index contributed by atoms with van der Waals surface area (Å²) in [5.41, 5.74) is 2.62. The number of para-hydroxylation sites is 2. The Balaban J connectivity index is 0.000000963. The highest BCUT2D eigenvalue weighted by Crippen LogP contribution is 2.37. The van der Waals surface area contributed by atoms with Gasteiger partial charge in [-0.15, -0.1) is 0 Å². The van der Waals surface area contributed by atoms with Gasteiger partial charge in [-0.2, -0.15) is 0 Å². The van der Waals surface area contributed by atoms with Crippen molar-refractivity contribution in [3.63, 3.8) is 0 Å². The van der Waals surface area contributed by atoms with Crippen molar-refractivity contribution in [2.24, 2.45) is 4.99 Å². The third kappa shape index (κ3) is 1.47. The second kappa shape index (κ2) is 4.34. The van der Waals surface area contributed by atoms with Crippen LogP contribution in [0, 0.1) is 0 Å². The predicted octanol–water partition coefficient (Wildman–Crippen LogP) is -0.903. The molecule has 3 nitrogen and oxygen atoms in total. The van der Waals surface area contributed by atoms with E-state index < -0.39 is 0 Å². The van der Waals surface area contributed by atoms with Gasteiger partial charge in [-0.05, 0) is 25.5 Å².